The second kappa shape index (κ2) is 7.55. The van der Waals surface area contributed by atoms with Crippen LogP contribution in [0.25, 0.3) is 0 Å². The molecule has 0 spiro atoms. The zero-order valence-electron chi connectivity index (χ0n) is 12.0. The molecule has 0 bridgehead atoms. The van der Waals surface area contributed by atoms with Crippen molar-refractivity contribution in [1.29, 1.82) is 0 Å². The SMILES string of the molecule is COc1ccc(C(C)CCNC(=O)C2CSCN2)cc1. The van der Waals surface area contributed by atoms with Gasteiger partial charge in [0.15, 0.2) is 0 Å². The summed E-state index contributed by atoms with van der Waals surface area (Å²) in [5.41, 5.74) is 1.27. The summed E-state index contributed by atoms with van der Waals surface area (Å²) in [6.07, 6.45) is 0.942. The van der Waals surface area contributed by atoms with Gasteiger partial charge in [-0.1, -0.05) is 19.1 Å². The summed E-state index contributed by atoms with van der Waals surface area (Å²) in [5, 5.41) is 6.18. The van der Waals surface area contributed by atoms with E-state index in [0.29, 0.717) is 5.92 Å². The minimum absolute atomic E-state index is 0.0173. The third-order valence-corrected chi connectivity index (χ3v) is 4.53. The van der Waals surface area contributed by atoms with Gasteiger partial charge in [-0.2, -0.15) is 0 Å². The molecule has 0 radical (unpaired) electrons. The van der Waals surface area contributed by atoms with Crippen LogP contribution in [0.5, 0.6) is 5.75 Å². The molecule has 1 aliphatic heterocycles. The van der Waals surface area contributed by atoms with Crippen LogP contribution < -0.4 is 15.4 Å². The van der Waals surface area contributed by atoms with Crippen LogP contribution in [0.1, 0.15) is 24.8 Å². The molecule has 1 aliphatic rings. The van der Waals surface area contributed by atoms with Gasteiger partial charge in [0.1, 0.15) is 5.75 Å². The van der Waals surface area contributed by atoms with E-state index >= 15 is 0 Å². The Labute approximate surface area is 124 Å². The van der Waals surface area contributed by atoms with Crippen molar-refractivity contribution >= 4 is 17.7 Å². The van der Waals surface area contributed by atoms with Crippen molar-refractivity contribution in [2.45, 2.75) is 25.3 Å². The second-order valence-corrected chi connectivity index (χ2v) is 6.06. The number of amides is 1. The highest BCUT2D eigenvalue weighted by atomic mass is 32.2. The maximum atomic E-state index is 11.8. The van der Waals surface area contributed by atoms with Crippen LogP contribution in [0.15, 0.2) is 24.3 Å². The first-order valence-corrected chi connectivity index (χ1v) is 8.09. The summed E-state index contributed by atoms with van der Waals surface area (Å²) in [7, 11) is 1.67. The number of carbonyl (C=O) groups excluding carboxylic acids is 1. The Morgan fingerprint density at radius 2 is 2.25 bits per heavy atom. The molecule has 0 aromatic heterocycles. The molecule has 0 saturated carbocycles. The monoisotopic (exact) mass is 294 g/mol. The molecule has 1 aromatic carbocycles. The van der Waals surface area contributed by atoms with Gasteiger partial charge >= 0.3 is 0 Å². The first-order valence-electron chi connectivity index (χ1n) is 6.93. The average molecular weight is 294 g/mol. The van der Waals surface area contributed by atoms with Gasteiger partial charge in [0.05, 0.1) is 13.2 Å². The Morgan fingerprint density at radius 3 is 2.85 bits per heavy atom. The normalized spacial score (nSPS) is 19.6. The van der Waals surface area contributed by atoms with E-state index in [2.05, 4.69) is 29.7 Å². The number of rotatable bonds is 6. The largest absolute Gasteiger partial charge is 0.497 e. The minimum Gasteiger partial charge on any atom is -0.497 e. The molecule has 20 heavy (non-hydrogen) atoms. The van der Waals surface area contributed by atoms with Crippen molar-refractivity contribution in [3.8, 4) is 5.75 Å². The third kappa shape index (κ3) is 4.15. The quantitative estimate of drug-likeness (QED) is 0.842. The molecule has 1 saturated heterocycles. The molecule has 5 heteroatoms. The molecule has 1 heterocycles. The number of methoxy groups -OCH3 is 1. The molecule has 1 fully saturated rings. The van der Waals surface area contributed by atoms with Gasteiger partial charge in [-0.3, -0.25) is 10.1 Å². The summed E-state index contributed by atoms with van der Waals surface area (Å²) in [6.45, 7) is 2.90. The Morgan fingerprint density at radius 1 is 1.50 bits per heavy atom. The second-order valence-electron chi connectivity index (χ2n) is 5.03. The number of benzene rings is 1. The van der Waals surface area contributed by atoms with E-state index in [0.717, 1.165) is 30.3 Å². The fourth-order valence-electron chi connectivity index (χ4n) is 2.20. The molecule has 2 rings (SSSR count). The fraction of sp³-hybridized carbons (Fsp3) is 0.533. The van der Waals surface area contributed by atoms with Gasteiger partial charge < -0.3 is 10.1 Å². The Bertz CT molecular complexity index is 430. The smallest absolute Gasteiger partial charge is 0.238 e. The number of hydrogen-bond donors (Lipinski definition) is 2. The van der Waals surface area contributed by atoms with Crippen molar-refractivity contribution in [1.82, 2.24) is 10.6 Å². The van der Waals surface area contributed by atoms with E-state index in [9.17, 15) is 4.79 Å². The topological polar surface area (TPSA) is 50.4 Å². The molecule has 110 valence electrons. The molecule has 0 aliphatic carbocycles. The van der Waals surface area contributed by atoms with E-state index in [1.54, 1.807) is 18.9 Å². The summed E-state index contributed by atoms with van der Waals surface area (Å²) in [4.78, 5) is 11.8. The number of carbonyl (C=O) groups is 1. The lowest BCUT2D eigenvalue weighted by atomic mass is 9.98. The average Bonchev–Trinajstić information content (AvgIpc) is 3.01. The lowest BCUT2D eigenvalue weighted by molar-refractivity contribution is -0.122. The molecule has 1 amide bonds. The van der Waals surface area contributed by atoms with E-state index in [-0.39, 0.29) is 11.9 Å². The van der Waals surface area contributed by atoms with Crippen LogP contribution >= 0.6 is 11.8 Å². The molecular formula is C15H22N2O2S. The van der Waals surface area contributed by atoms with Gasteiger partial charge in [0.2, 0.25) is 5.91 Å². The highest BCUT2D eigenvalue weighted by Gasteiger charge is 2.21. The van der Waals surface area contributed by atoms with Crippen molar-refractivity contribution in [2.24, 2.45) is 0 Å². The first-order chi connectivity index (χ1) is 9.70. The van der Waals surface area contributed by atoms with Gasteiger partial charge in [-0.25, -0.2) is 0 Å². The molecule has 2 N–H and O–H groups in total. The van der Waals surface area contributed by atoms with Crippen LogP contribution in [-0.4, -0.2) is 37.2 Å². The molecule has 1 aromatic rings. The van der Waals surface area contributed by atoms with E-state index in [4.69, 9.17) is 4.74 Å². The number of ether oxygens (including phenoxy) is 1. The van der Waals surface area contributed by atoms with Gasteiger partial charge in [0, 0.05) is 18.2 Å². The lowest BCUT2D eigenvalue weighted by Crippen LogP contribution is -2.42. The van der Waals surface area contributed by atoms with E-state index in [1.165, 1.54) is 5.56 Å². The van der Waals surface area contributed by atoms with Gasteiger partial charge in [-0.15, -0.1) is 11.8 Å². The highest BCUT2D eigenvalue weighted by molar-refractivity contribution is 7.99. The number of thioether (sulfide) groups is 1. The summed E-state index contributed by atoms with van der Waals surface area (Å²) in [5.74, 6) is 3.17. The van der Waals surface area contributed by atoms with E-state index < -0.39 is 0 Å². The van der Waals surface area contributed by atoms with Crippen LogP contribution in [0.2, 0.25) is 0 Å². The zero-order chi connectivity index (χ0) is 14.4. The predicted octanol–water partition coefficient (Wildman–Crippen LogP) is 1.97. The molecule has 4 nitrogen and oxygen atoms in total. The Kier molecular flexibility index (Phi) is 5.73. The predicted molar refractivity (Wildman–Crippen MR) is 83.3 cm³/mol. The molecular weight excluding hydrogens is 272 g/mol. The van der Waals surface area contributed by atoms with Crippen LogP contribution in [-0.2, 0) is 4.79 Å². The Balaban J connectivity index is 1.73. The lowest BCUT2D eigenvalue weighted by Gasteiger charge is -2.14. The standard InChI is InChI=1S/C15H22N2O2S/c1-11(12-3-5-13(19-2)6-4-12)7-8-16-15(18)14-9-20-10-17-14/h3-6,11,14,17H,7-10H2,1-2H3,(H,16,18). The maximum absolute atomic E-state index is 11.8. The summed E-state index contributed by atoms with van der Waals surface area (Å²) < 4.78 is 5.15. The zero-order valence-corrected chi connectivity index (χ0v) is 12.8. The van der Waals surface area contributed by atoms with Crippen molar-refractivity contribution in [3.63, 3.8) is 0 Å². The highest BCUT2D eigenvalue weighted by Crippen LogP contribution is 2.21. The van der Waals surface area contributed by atoms with Crippen LogP contribution in [0, 0.1) is 0 Å². The Hall–Kier alpha value is -1.20. The van der Waals surface area contributed by atoms with Crippen molar-refractivity contribution in [3.05, 3.63) is 29.8 Å². The third-order valence-electron chi connectivity index (χ3n) is 3.59. The van der Waals surface area contributed by atoms with Crippen molar-refractivity contribution < 1.29 is 9.53 Å². The molecule has 2 unspecified atom stereocenters. The van der Waals surface area contributed by atoms with Crippen LogP contribution in [0.4, 0.5) is 0 Å². The summed E-state index contributed by atoms with van der Waals surface area (Å²) in [6, 6.07) is 8.10. The summed E-state index contributed by atoms with van der Waals surface area (Å²) >= 11 is 1.77. The minimum atomic E-state index is -0.0173. The maximum Gasteiger partial charge on any atom is 0.238 e. The number of hydrogen-bond acceptors (Lipinski definition) is 4. The van der Waals surface area contributed by atoms with Gasteiger partial charge in [-0.05, 0) is 30.0 Å². The first kappa shape index (κ1) is 15.2. The van der Waals surface area contributed by atoms with Gasteiger partial charge in [0.25, 0.3) is 0 Å². The number of nitrogens with one attached hydrogen (secondary N) is 2. The van der Waals surface area contributed by atoms with E-state index in [1.807, 2.05) is 12.1 Å². The molecule has 2 atom stereocenters. The van der Waals surface area contributed by atoms with Crippen molar-refractivity contribution in [2.75, 3.05) is 25.3 Å². The van der Waals surface area contributed by atoms with Crippen LogP contribution in [0.3, 0.4) is 0 Å². The fourth-order valence-corrected chi connectivity index (χ4v) is 3.14.